The van der Waals surface area contributed by atoms with Crippen LogP contribution in [0, 0.1) is 0 Å². The lowest BCUT2D eigenvalue weighted by Gasteiger charge is -2.44. The van der Waals surface area contributed by atoms with Crippen LogP contribution >= 0.6 is 0 Å². The lowest BCUT2D eigenvalue weighted by molar-refractivity contribution is 0.590. The molecule has 0 spiro atoms. The Morgan fingerprint density at radius 2 is 0.638 bits per heavy atom. The molecule has 2 aliphatic rings. The van der Waals surface area contributed by atoms with E-state index in [2.05, 4.69) is 163 Å². The molecule has 16 aromatic carbocycles. The number of rotatable bonds is 8. The summed E-state index contributed by atoms with van der Waals surface area (Å²) in [5.74, 6) is 0. The van der Waals surface area contributed by atoms with E-state index in [0.29, 0.717) is 44.2 Å². The summed E-state index contributed by atoms with van der Waals surface area (Å²) in [4.78, 5) is 4.09. The molecule has 554 valence electrons. The molecule has 0 saturated carbocycles. The van der Waals surface area contributed by atoms with Gasteiger partial charge in [0.15, 0.2) is 11.2 Å². The molecule has 5 aromatic heterocycles. The number of nitrogens with zero attached hydrogens (tertiary/aromatic N) is 6. The van der Waals surface area contributed by atoms with Gasteiger partial charge in [-0.25, -0.2) is 0 Å². The molecule has 0 aliphatic carbocycles. The highest BCUT2D eigenvalue weighted by molar-refractivity contribution is 7.00. The Bertz CT molecular complexity index is 8990. The molecule has 0 unspecified atom stereocenters. The minimum absolute atomic E-state index is 0.0564. The average molecular weight is 1520 g/mol. The van der Waals surface area contributed by atoms with E-state index in [1.807, 2.05) is 53.4 Å². The van der Waals surface area contributed by atoms with Crippen LogP contribution in [0.15, 0.2) is 344 Å². The van der Waals surface area contributed by atoms with Crippen LogP contribution < -0.4 is 26.2 Å². The predicted molar refractivity (Wildman–Crippen MR) is 492 cm³/mol. The molecule has 23 rings (SSSR count). The van der Waals surface area contributed by atoms with Gasteiger partial charge in [0.25, 0.3) is 6.71 Å². The molecule has 0 fully saturated rings. The van der Waals surface area contributed by atoms with Crippen molar-refractivity contribution in [3.63, 3.8) is 0 Å². The maximum atomic E-state index is 10.3. The Hall–Kier alpha value is -13.8. The highest BCUT2D eigenvalue weighted by Crippen LogP contribution is 2.53. The predicted octanol–water partition coefficient (Wildman–Crippen LogP) is 27.3. The fourth-order valence-electron chi connectivity index (χ4n) is 18.2. The molecule has 8 heteroatoms. The SMILES string of the molecule is [2H]c1c([2H])c([2H])c2c(c1[2H])c1c([2H])c([2H])c([2H])c([2H])c1n2-c1ccc2c(c1)N(c1cccc3c1oc1c(-n4c5c([2H])c([2H])c([2H])c([2H])c5c5c([2H])c([2H])c([2H])c([2H])c54)cccc13)c1cc(-n3c4c([2H])c([2H])c([2H])c([2H])c4c4c([2H])c([2H])c([2H])c([2H])c43)cc3c1B2c1ccc(-n2c4ccc(C(C)(C)C)cc4c4cc(C(C)(C)C)ccc42)cc1N3c1cc(-c2ccccc2)cc(-c2cccc(C(C)(C)C)c2)c1. The van der Waals surface area contributed by atoms with Crippen LogP contribution in [0.3, 0.4) is 0 Å². The third-order valence-electron chi connectivity index (χ3n) is 23.7. The summed E-state index contributed by atoms with van der Waals surface area (Å²) in [6.45, 7) is 18.7. The Balaban J connectivity index is 0.928. The van der Waals surface area contributed by atoms with Crippen molar-refractivity contribution in [2.45, 2.75) is 78.6 Å². The van der Waals surface area contributed by atoms with Crippen LogP contribution in [0.25, 0.3) is 154 Å². The normalized spacial score (nSPS) is 16.1. The van der Waals surface area contributed by atoms with Gasteiger partial charge in [-0.15, -0.1) is 0 Å². The molecular weight excluding hydrogens is 1410 g/mol. The van der Waals surface area contributed by atoms with Crippen molar-refractivity contribution < 1.29 is 37.3 Å². The van der Waals surface area contributed by atoms with Crippen LogP contribution in [-0.2, 0) is 16.2 Å². The molecule has 0 atom stereocenters. The van der Waals surface area contributed by atoms with E-state index >= 15 is 0 Å². The molecule has 0 N–H and O–H groups in total. The number of anilines is 6. The third kappa shape index (κ3) is 10.1. The second kappa shape index (κ2) is 24.8. The van der Waals surface area contributed by atoms with Crippen LogP contribution in [0.2, 0.25) is 0 Å². The Labute approximate surface area is 708 Å². The second-order valence-electron chi connectivity index (χ2n) is 33.5. The first-order valence-corrected chi connectivity index (χ1v) is 38.9. The summed E-state index contributed by atoms with van der Waals surface area (Å²) < 4.78 is 244. The summed E-state index contributed by atoms with van der Waals surface area (Å²) in [5, 5.41) is 1.63. The van der Waals surface area contributed by atoms with Crippen LogP contribution in [-0.4, -0.2) is 25.0 Å². The summed E-state index contributed by atoms with van der Waals surface area (Å²) in [7, 11) is 0. The van der Waals surface area contributed by atoms with E-state index in [4.69, 9.17) is 7.16 Å². The average Bonchev–Trinajstić information content (AvgIpc) is 1.19. The second-order valence-corrected chi connectivity index (χ2v) is 33.5. The summed E-state index contributed by atoms with van der Waals surface area (Å²) in [5.41, 5.74) is 11.7. The summed E-state index contributed by atoms with van der Waals surface area (Å²) in [6, 6.07) is 49.1. The number of hydrogen-bond acceptors (Lipinski definition) is 3. The zero-order valence-electron chi connectivity index (χ0n) is 88.6. The maximum Gasteiger partial charge on any atom is 0.252 e. The first kappa shape index (κ1) is 47.6. The van der Waals surface area contributed by atoms with Gasteiger partial charge in [-0.05, 0) is 199 Å². The van der Waals surface area contributed by atoms with Crippen molar-refractivity contribution in [3.8, 4) is 45.0 Å². The van der Waals surface area contributed by atoms with Gasteiger partial charge in [0.05, 0.1) is 94.1 Å². The fourth-order valence-corrected chi connectivity index (χ4v) is 18.2. The standard InChI is InChI=1S/C108H83BN6O/c1-106(2,3)70-31-25-30-67(57-70)69-56-68(66-28-11-10-12-29-66)58-75(59-69)113-99-62-73(111-95-54-48-71(107(4,5)6)60-85(95)86-61-72(108(7,8)9)49-55-96(86)111)50-52-87(99)109-88-53-51-74(110-89-40-19-13-32-77(89)78-33-14-20-41-90(78)110)63-100(88)115(102-65-76(64-101(113)103(102)109)112-91-42-21-15-34-79(91)80-35-16-22-43-92(80)112)98-47-27-39-84-83-38-26-46-97(104(83)116-105(84)98)114-93-44-23-17-36-81(93)82-37-18-24-45-94(82)114/h10-65H,1-9H3/i13D,14D,15D,16D,17D,18D,19D,20D,21D,22D,23D,24D,32D,33D,34D,35D,36D,37D,40D,41D,42D,43D,44D,45D. The molecule has 0 amide bonds. The zero-order chi connectivity index (χ0) is 98.8. The smallest absolute Gasteiger partial charge is 0.252 e. The molecule has 0 saturated heterocycles. The van der Waals surface area contributed by atoms with E-state index in [1.54, 1.807) is 54.6 Å². The number of fused-ring (bicyclic) bond motifs is 19. The minimum Gasteiger partial charge on any atom is -0.452 e. The zero-order valence-corrected chi connectivity index (χ0v) is 64.6. The minimum atomic E-state index is -0.965. The fraction of sp³-hybridized carbons (Fsp3) is 0.111. The highest BCUT2D eigenvalue weighted by Gasteiger charge is 2.45. The van der Waals surface area contributed by atoms with Crippen LogP contribution in [0.5, 0.6) is 0 Å². The lowest BCUT2D eigenvalue weighted by atomic mass is 9.33. The van der Waals surface area contributed by atoms with Gasteiger partial charge in [-0.3, -0.25) is 0 Å². The first-order valence-electron chi connectivity index (χ1n) is 50.9. The molecule has 21 aromatic rings. The number of para-hydroxylation sites is 8. The van der Waals surface area contributed by atoms with Gasteiger partial charge in [0.1, 0.15) is 0 Å². The van der Waals surface area contributed by atoms with E-state index in [1.165, 1.54) is 13.7 Å². The maximum absolute atomic E-state index is 10.3. The Morgan fingerprint density at radius 3 is 1.13 bits per heavy atom. The van der Waals surface area contributed by atoms with Crippen LogP contribution in [0.4, 0.5) is 34.1 Å². The molecule has 7 nitrogen and oxygen atoms in total. The van der Waals surface area contributed by atoms with Crippen molar-refractivity contribution in [1.29, 1.82) is 0 Å². The van der Waals surface area contributed by atoms with Crippen molar-refractivity contribution in [2.75, 3.05) is 9.80 Å². The van der Waals surface area contributed by atoms with Gasteiger partial charge in [-0.2, -0.15) is 0 Å². The van der Waals surface area contributed by atoms with Crippen molar-refractivity contribution in [2.24, 2.45) is 0 Å². The number of hydrogen-bond donors (Lipinski definition) is 0. The topological polar surface area (TPSA) is 39.3 Å². The van der Waals surface area contributed by atoms with Crippen LogP contribution in [0.1, 0.15) is 112 Å². The van der Waals surface area contributed by atoms with E-state index in [-0.39, 0.29) is 127 Å². The molecule has 116 heavy (non-hydrogen) atoms. The van der Waals surface area contributed by atoms with Gasteiger partial charge >= 0.3 is 0 Å². The Morgan fingerprint density at radius 1 is 0.250 bits per heavy atom. The molecule has 0 bridgehead atoms. The first-order chi connectivity index (χ1) is 66.4. The molecule has 7 heterocycles. The molecular formula is C108H83BN6O. The van der Waals surface area contributed by atoms with Gasteiger partial charge < -0.3 is 32.5 Å². The van der Waals surface area contributed by atoms with Crippen molar-refractivity contribution in [3.05, 3.63) is 356 Å². The van der Waals surface area contributed by atoms with E-state index in [0.717, 1.165) is 66.4 Å². The van der Waals surface area contributed by atoms with Gasteiger partial charge in [-0.1, -0.05) is 274 Å². The van der Waals surface area contributed by atoms with Crippen molar-refractivity contribution >= 4 is 166 Å². The monoisotopic (exact) mass is 1510 g/mol. The number of furan rings is 1. The summed E-state index contributed by atoms with van der Waals surface area (Å²) >= 11 is 0. The van der Waals surface area contributed by atoms with E-state index in [9.17, 15) is 30.2 Å². The Kier molecular flexibility index (Phi) is 10.2. The largest absolute Gasteiger partial charge is 0.452 e. The number of aromatic nitrogens is 4. The van der Waals surface area contributed by atoms with E-state index < -0.39 is 152 Å². The number of benzene rings is 16. The van der Waals surface area contributed by atoms with Gasteiger partial charge in [0, 0.05) is 93.7 Å². The van der Waals surface area contributed by atoms with Gasteiger partial charge in [0.2, 0.25) is 0 Å². The highest BCUT2D eigenvalue weighted by atomic mass is 16.3. The summed E-state index contributed by atoms with van der Waals surface area (Å²) in [6.07, 6.45) is 0. The molecule has 0 radical (unpaired) electrons. The van der Waals surface area contributed by atoms with Crippen molar-refractivity contribution in [1.82, 2.24) is 18.3 Å². The molecule has 2 aliphatic heterocycles. The third-order valence-corrected chi connectivity index (χ3v) is 23.7. The lowest BCUT2D eigenvalue weighted by Crippen LogP contribution is -2.61. The quantitative estimate of drug-likeness (QED) is 0.142.